The van der Waals surface area contributed by atoms with Gasteiger partial charge in [0.05, 0.1) is 18.4 Å². The Morgan fingerprint density at radius 3 is 2.54 bits per heavy atom. The summed E-state index contributed by atoms with van der Waals surface area (Å²) in [7, 11) is 0.219. The second kappa shape index (κ2) is 4.53. The lowest BCUT2D eigenvalue weighted by atomic mass is 9.60. The van der Waals surface area contributed by atoms with Crippen molar-refractivity contribution in [1.29, 1.82) is 0 Å². The van der Waals surface area contributed by atoms with Crippen LogP contribution in [0.25, 0.3) is 0 Å². The maximum Gasteiger partial charge on any atom is 0.207 e. The van der Waals surface area contributed by atoms with Gasteiger partial charge >= 0.3 is 0 Å². The van der Waals surface area contributed by atoms with Crippen molar-refractivity contribution in [3.05, 3.63) is 0 Å². The van der Waals surface area contributed by atoms with Crippen LogP contribution in [0.2, 0.25) is 5.82 Å². The van der Waals surface area contributed by atoms with Crippen LogP contribution in [0.15, 0.2) is 0 Å². The van der Waals surface area contributed by atoms with Crippen molar-refractivity contribution in [2.45, 2.75) is 30.9 Å². The molecule has 0 aromatic heterocycles. The molecule has 0 bridgehead atoms. The summed E-state index contributed by atoms with van der Waals surface area (Å²) in [6, 6.07) is 0. The molecule has 4 atom stereocenters. The molecule has 0 aromatic rings. The van der Waals surface area contributed by atoms with E-state index in [0.29, 0.717) is 0 Å². The highest BCUT2D eigenvalue weighted by atomic mass is 16.3. The third kappa shape index (κ3) is 2.17. The Morgan fingerprint density at radius 1 is 1.31 bits per heavy atom. The van der Waals surface area contributed by atoms with Crippen molar-refractivity contribution in [2.75, 3.05) is 0 Å². The van der Waals surface area contributed by atoms with E-state index in [-0.39, 0.29) is 31.9 Å². The van der Waals surface area contributed by atoms with E-state index in [9.17, 15) is 19.8 Å². The van der Waals surface area contributed by atoms with Crippen LogP contribution in [0.3, 0.4) is 0 Å². The van der Waals surface area contributed by atoms with Crippen molar-refractivity contribution in [3.8, 4) is 0 Å². The first-order valence-electron chi connectivity index (χ1n) is 4.44. The van der Waals surface area contributed by atoms with E-state index in [1.54, 1.807) is 0 Å². The lowest BCUT2D eigenvalue weighted by Crippen LogP contribution is -2.23. The van der Waals surface area contributed by atoms with E-state index in [2.05, 4.69) is 0 Å². The topological polar surface area (TPSA) is 74.6 Å². The molecule has 5 heteroatoms. The summed E-state index contributed by atoms with van der Waals surface area (Å²) in [6.07, 6.45) is 0.650. The molecule has 1 fully saturated rings. The summed E-state index contributed by atoms with van der Waals surface area (Å²) in [5.41, 5.74) is 0. The van der Waals surface area contributed by atoms with E-state index in [1.165, 1.54) is 0 Å². The molecular formula is C8H13BO4. The molecule has 0 spiro atoms. The van der Waals surface area contributed by atoms with Crippen molar-refractivity contribution < 1.29 is 19.8 Å². The van der Waals surface area contributed by atoms with Crippen molar-refractivity contribution in [1.82, 2.24) is 0 Å². The van der Waals surface area contributed by atoms with Gasteiger partial charge in [-0.05, 0) is 18.2 Å². The zero-order valence-corrected chi connectivity index (χ0v) is 7.30. The van der Waals surface area contributed by atoms with Gasteiger partial charge in [0.2, 0.25) is 7.28 Å². The average molecular weight is 184 g/mol. The molecule has 1 aliphatic carbocycles. The molecule has 2 N–H and O–H groups in total. The quantitative estimate of drug-likeness (QED) is 0.422. The van der Waals surface area contributed by atoms with Gasteiger partial charge in [0.1, 0.15) is 6.29 Å². The number of carbonyl (C=O) groups excluding carboxylic acids is 2. The predicted octanol–water partition coefficient (Wildman–Crippen LogP) is -1.27. The summed E-state index contributed by atoms with van der Waals surface area (Å²) in [5, 5.41) is 18.9. The maximum atomic E-state index is 10.3. The number of rotatable bonds is 4. The van der Waals surface area contributed by atoms with E-state index in [0.717, 1.165) is 12.5 Å². The summed E-state index contributed by atoms with van der Waals surface area (Å²) in [4.78, 5) is 20.6. The monoisotopic (exact) mass is 184 g/mol. The Kier molecular flexibility index (Phi) is 3.63. The van der Waals surface area contributed by atoms with Gasteiger partial charge in [0.15, 0.2) is 0 Å². The molecule has 13 heavy (non-hydrogen) atoms. The van der Waals surface area contributed by atoms with Gasteiger partial charge in [-0.1, -0.05) is 0 Å². The molecule has 0 saturated heterocycles. The second-order valence-electron chi connectivity index (χ2n) is 3.50. The van der Waals surface area contributed by atoms with Gasteiger partial charge in [-0.2, -0.15) is 0 Å². The van der Waals surface area contributed by atoms with Crippen LogP contribution in [-0.2, 0) is 9.59 Å². The Labute approximate surface area is 77.2 Å². The first-order valence-corrected chi connectivity index (χ1v) is 4.44. The van der Waals surface area contributed by atoms with Gasteiger partial charge < -0.3 is 19.8 Å². The first kappa shape index (κ1) is 10.4. The highest BCUT2D eigenvalue weighted by Crippen LogP contribution is 2.37. The molecular weight excluding hydrogens is 171 g/mol. The molecule has 72 valence electrons. The van der Waals surface area contributed by atoms with Crippen LogP contribution in [0.1, 0.15) is 12.8 Å². The van der Waals surface area contributed by atoms with E-state index in [1.807, 2.05) is 0 Å². The smallest absolute Gasteiger partial charge is 0.207 e. The molecule has 0 aliphatic heterocycles. The number of aldehydes is 1. The van der Waals surface area contributed by atoms with Crippen LogP contribution >= 0.6 is 0 Å². The van der Waals surface area contributed by atoms with Crippen LogP contribution in [0.4, 0.5) is 0 Å². The van der Waals surface area contributed by atoms with Crippen molar-refractivity contribution in [3.63, 3.8) is 0 Å². The molecule has 0 aromatic carbocycles. The minimum atomic E-state index is -0.648. The van der Waals surface area contributed by atoms with Crippen molar-refractivity contribution >= 4 is 19.8 Å². The number of aliphatic hydroxyl groups excluding tert-OH is 2. The zero-order chi connectivity index (χ0) is 9.84. The second-order valence-corrected chi connectivity index (χ2v) is 3.50. The fraction of sp³-hybridized carbons (Fsp3) is 0.750. The normalized spacial score (nSPS) is 38.6. The zero-order valence-electron chi connectivity index (χ0n) is 7.30. The molecule has 1 aliphatic rings. The molecule has 1 saturated carbocycles. The Hall–Kier alpha value is -0.675. The minimum Gasteiger partial charge on any atom is -0.393 e. The SMILES string of the molecule is O=CB[C@@H]1[C@@H](CC=O)[C@@H](O)C[C@H]1O. The van der Waals surface area contributed by atoms with E-state index < -0.39 is 12.2 Å². The van der Waals surface area contributed by atoms with Crippen LogP contribution in [-0.4, -0.2) is 42.2 Å². The standard InChI is InChI=1S/C8H13BO4/c10-2-1-5-6(12)3-7(13)8(5)9-4-11/h2,4-9,12-13H,1,3H2/t5-,6-,7+,8+/m0/s1. The fourth-order valence-electron chi connectivity index (χ4n) is 2.05. The number of hydrogen-bond donors (Lipinski definition) is 2. The number of aliphatic hydroxyl groups is 2. The Balaban J connectivity index is 2.63. The van der Waals surface area contributed by atoms with E-state index in [4.69, 9.17) is 0 Å². The summed E-state index contributed by atoms with van der Waals surface area (Å²) >= 11 is 0. The van der Waals surface area contributed by atoms with E-state index >= 15 is 0 Å². The highest BCUT2D eigenvalue weighted by molar-refractivity contribution is 6.68. The van der Waals surface area contributed by atoms with Crippen LogP contribution in [0, 0.1) is 5.92 Å². The molecule has 0 amide bonds. The van der Waals surface area contributed by atoms with Crippen molar-refractivity contribution in [2.24, 2.45) is 5.92 Å². The largest absolute Gasteiger partial charge is 0.393 e. The molecule has 0 radical (unpaired) electrons. The summed E-state index contributed by atoms with van der Waals surface area (Å²) in [6.45, 7) is 0. The van der Waals surface area contributed by atoms with Gasteiger partial charge in [-0.25, -0.2) is 0 Å². The maximum absolute atomic E-state index is 10.3. The van der Waals surface area contributed by atoms with Crippen LogP contribution < -0.4 is 0 Å². The third-order valence-corrected chi connectivity index (χ3v) is 2.76. The number of carbonyl (C=O) groups is 2. The van der Waals surface area contributed by atoms with Gasteiger partial charge in [-0.3, -0.25) is 0 Å². The molecule has 0 heterocycles. The molecule has 0 unspecified atom stereocenters. The highest BCUT2D eigenvalue weighted by Gasteiger charge is 2.41. The Morgan fingerprint density at radius 2 is 2.00 bits per heavy atom. The Bertz CT molecular complexity index is 177. The van der Waals surface area contributed by atoms with Crippen LogP contribution in [0.5, 0.6) is 0 Å². The summed E-state index contributed by atoms with van der Waals surface area (Å²) in [5.74, 6) is -0.504. The van der Waals surface area contributed by atoms with Gasteiger partial charge in [0.25, 0.3) is 0 Å². The number of hydrogen-bond acceptors (Lipinski definition) is 4. The van der Waals surface area contributed by atoms with Gasteiger partial charge in [-0.15, -0.1) is 0 Å². The lowest BCUT2D eigenvalue weighted by molar-refractivity contribution is -0.109. The lowest BCUT2D eigenvalue weighted by Gasteiger charge is -2.18. The van der Waals surface area contributed by atoms with Gasteiger partial charge in [0, 0.05) is 6.42 Å². The molecule has 1 rings (SSSR count). The first-order chi connectivity index (χ1) is 6.20. The molecule has 4 nitrogen and oxygen atoms in total. The fourth-order valence-corrected chi connectivity index (χ4v) is 2.05. The average Bonchev–Trinajstić information content (AvgIpc) is 2.33. The minimum absolute atomic E-state index is 0.219. The predicted molar refractivity (Wildman–Crippen MR) is 48.5 cm³/mol. The third-order valence-electron chi connectivity index (χ3n) is 2.76. The summed E-state index contributed by atoms with van der Waals surface area (Å²) < 4.78 is 0.